The van der Waals surface area contributed by atoms with E-state index in [9.17, 15) is 20.1 Å². The first kappa shape index (κ1) is 14.3. The predicted molar refractivity (Wildman–Crippen MR) is 53.9 cm³/mol. The Morgan fingerprint density at radius 2 is 1.76 bits per heavy atom. The highest BCUT2D eigenvalue weighted by molar-refractivity contribution is 5.81. The number of aliphatic hydroxyl groups is 5. The van der Waals surface area contributed by atoms with Crippen molar-refractivity contribution in [2.45, 2.75) is 30.5 Å². The van der Waals surface area contributed by atoms with Gasteiger partial charge in [-0.05, 0) is 0 Å². The van der Waals surface area contributed by atoms with Gasteiger partial charge in [0.25, 0.3) is 5.91 Å². The number of nitrogens with one attached hydrogen (secondary N) is 1. The van der Waals surface area contributed by atoms with E-state index in [2.05, 4.69) is 5.32 Å². The van der Waals surface area contributed by atoms with E-state index in [1.165, 1.54) is 0 Å². The maximum Gasteiger partial charge on any atom is 0.252 e. The normalized spacial score (nSPS) is 37.8. The number of hydrogen-bond donors (Lipinski definition) is 6. The average molecular weight is 251 g/mol. The summed E-state index contributed by atoms with van der Waals surface area (Å²) in [5.41, 5.74) is 0. The molecule has 5 atom stereocenters. The van der Waals surface area contributed by atoms with Crippen molar-refractivity contribution < 1.29 is 35.1 Å². The van der Waals surface area contributed by atoms with Crippen LogP contribution in [0.1, 0.15) is 0 Å². The Hall–Kier alpha value is -0.770. The molecule has 0 radical (unpaired) electrons. The van der Waals surface area contributed by atoms with Gasteiger partial charge in [-0.15, -0.1) is 0 Å². The van der Waals surface area contributed by atoms with Crippen LogP contribution in [0, 0.1) is 0 Å². The summed E-state index contributed by atoms with van der Waals surface area (Å²) in [4.78, 5) is 11.5. The molecular formula is C9H17NO7. The molecule has 1 rings (SSSR count). The Labute approximate surface area is 97.4 Å². The number of carbonyl (C=O) groups is 1. The van der Waals surface area contributed by atoms with Gasteiger partial charge in [-0.2, -0.15) is 0 Å². The summed E-state index contributed by atoms with van der Waals surface area (Å²) in [5, 5.41) is 48.1. The Balaban J connectivity index is 2.68. The zero-order chi connectivity index (χ0) is 13.0. The van der Waals surface area contributed by atoms with E-state index in [1.807, 2.05) is 0 Å². The molecular weight excluding hydrogens is 234 g/mol. The third-order valence-corrected chi connectivity index (χ3v) is 2.56. The Bertz CT molecular complexity index is 260. The number of aliphatic hydroxyl groups excluding tert-OH is 5. The number of hydrogen-bond acceptors (Lipinski definition) is 7. The van der Waals surface area contributed by atoms with Gasteiger partial charge in [-0.25, -0.2) is 0 Å². The molecule has 8 nitrogen and oxygen atoms in total. The molecule has 0 saturated carbocycles. The number of ether oxygens (including phenoxy) is 1. The Kier molecular flexibility index (Phi) is 5.25. The topological polar surface area (TPSA) is 139 Å². The summed E-state index contributed by atoms with van der Waals surface area (Å²) in [6.45, 7) is -0.883. The van der Waals surface area contributed by atoms with Crippen LogP contribution < -0.4 is 5.32 Å². The van der Waals surface area contributed by atoms with Gasteiger partial charge in [-0.3, -0.25) is 4.79 Å². The van der Waals surface area contributed by atoms with Crippen LogP contribution in [-0.2, 0) is 9.53 Å². The smallest absolute Gasteiger partial charge is 0.252 e. The van der Waals surface area contributed by atoms with E-state index < -0.39 is 43.0 Å². The molecule has 1 aliphatic rings. The lowest BCUT2D eigenvalue weighted by atomic mass is 9.95. The lowest BCUT2D eigenvalue weighted by Crippen LogP contribution is -2.62. The molecule has 1 aliphatic heterocycles. The van der Waals surface area contributed by atoms with Gasteiger partial charge in [0.05, 0.1) is 13.2 Å². The number of carbonyl (C=O) groups excluding carboxylic acids is 1. The van der Waals surface area contributed by atoms with Gasteiger partial charge in [-0.1, -0.05) is 0 Å². The zero-order valence-electron chi connectivity index (χ0n) is 9.06. The van der Waals surface area contributed by atoms with E-state index >= 15 is 0 Å². The van der Waals surface area contributed by atoms with Crippen LogP contribution in [0.15, 0.2) is 0 Å². The molecule has 17 heavy (non-hydrogen) atoms. The predicted octanol–water partition coefficient (Wildman–Crippen LogP) is -4.06. The van der Waals surface area contributed by atoms with Crippen molar-refractivity contribution in [2.24, 2.45) is 0 Å². The zero-order valence-corrected chi connectivity index (χ0v) is 9.06. The van der Waals surface area contributed by atoms with E-state index in [4.69, 9.17) is 14.9 Å². The third kappa shape index (κ3) is 3.12. The molecule has 0 aromatic rings. The highest BCUT2D eigenvalue weighted by Gasteiger charge is 2.46. The number of amides is 1. The van der Waals surface area contributed by atoms with Crippen molar-refractivity contribution in [3.05, 3.63) is 0 Å². The average Bonchev–Trinajstić information content (AvgIpc) is 2.33. The van der Waals surface area contributed by atoms with E-state index in [0.29, 0.717) is 0 Å². The summed E-state index contributed by atoms with van der Waals surface area (Å²) in [7, 11) is 0. The molecule has 0 aromatic heterocycles. The van der Waals surface area contributed by atoms with E-state index in [-0.39, 0.29) is 13.2 Å². The van der Waals surface area contributed by atoms with E-state index in [0.717, 1.165) is 0 Å². The maximum absolute atomic E-state index is 11.5. The highest BCUT2D eigenvalue weighted by atomic mass is 16.5. The van der Waals surface area contributed by atoms with Gasteiger partial charge in [0, 0.05) is 6.54 Å². The van der Waals surface area contributed by atoms with Crippen LogP contribution in [0.4, 0.5) is 0 Å². The van der Waals surface area contributed by atoms with Crippen LogP contribution in [-0.4, -0.2) is 81.7 Å². The Morgan fingerprint density at radius 3 is 2.29 bits per heavy atom. The summed E-state index contributed by atoms with van der Waals surface area (Å²) < 4.78 is 4.99. The molecule has 6 N–H and O–H groups in total. The molecule has 1 fully saturated rings. The van der Waals surface area contributed by atoms with Crippen molar-refractivity contribution >= 4 is 5.91 Å². The lowest BCUT2D eigenvalue weighted by molar-refractivity contribution is -0.226. The van der Waals surface area contributed by atoms with Crippen molar-refractivity contribution in [2.75, 3.05) is 19.8 Å². The summed E-state index contributed by atoms with van der Waals surface area (Å²) in [6, 6.07) is 0. The van der Waals surface area contributed by atoms with Crippen LogP contribution in [0.25, 0.3) is 0 Å². The van der Waals surface area contributed by atoms with Gasteiger partial charge in [0.1, 0.15) is 24.4 Å². The maximum atomic E-state index is 11.5. The standard InChI is InChI=1S/C9H17NO7/c11-2-1-10-9(16)8-7(15)6(14)5(13)4(3-12)17-8/h4-8,11-15H,1-3H2,(H,10,16)/t4-,5-,6+,7-,8-/m1/s1. The third-order valence-electron chi connectivity index (χ3n) is 2.56. The first-order valence-electron chi connectivity index (χ1n) is 5.22. The van der Waals surface area contributed by atoms with Crippen LogP contribution in [0.2, 0.25) is 0 Å². The fourth-order valence-corrected chi connectivity index (χ4v) is 1.60. The van der Waals surface area contributed by atoms with Crippen molar-refractivity contribution in [1.29, 1.82) is 0 Å². The second-order valence-electron chi connectivity index (χ2n) is 3.76. The molecule has 8 heteroatoms. The molecule has 100 valence electrons. The minimum Gasteiger partial charge on any atom is -0.395 e. The van der Waals surface area contributed by atoms with Gasteiger partial charge >= 0.3 is 0 Å². The van der Waals surface area contributed by atoms with Crippen molar-refractivity contribution in [1.82, 2.24) is 5.32 Å². The summed E-state index contributed by atoms with van der Waals surface area (Å²) in [6.07, 6.45) is -7.16. The van der Waals surface area contributed by atoms with Crippen LogP contribution >= 0.6 is 0 Å². The lowest BCUT2D eigenvalue weighted by Gasteiger charge is -2.39. The first-order valence-corrected chi connectivity index (χ1v) is 5.22. The fraction of sp³-hybridized carbons (Fsp3) is 0.889. The second-order valence-corrected chi connectivity index (χ2v) is 3.76. The van der Waals surface area contributed by atoms with Crippen LogP contribution in [0.5, 0.6) is 0 Å². The molecule has 0 aromatic carbocycles. The molecule has 1 amide bonds. The first-order chi connectivity index (χ1) is 8.02. The van der Waals surface area contributed by atoms with Crippen molar-refractivity contribution in [3.8, 4) is 0 Å². The van der Waals surface area contributed by atoms with Gasteiger partial charge in [0.15, 0.2) is 6.10 Å². The van der Waals surface area contributed by atoms with E-state index in [1.54, 1.807) is 0 Å². The fourth-order valence-electron chi connectivity index (χ4n) is 1.60. The molecule has 1 heterocycles. The quantitative estimate of drug-likeness (QED) is 0.299. The Morgan fingerprint density at radius 1 is 1.12 bits per heavy atom. The molecule has 0 unspecified atom stereocenters. The molecule has 0 aliphatic carbocycles. The SMILES string of the molecule is O=C(NCCO)[C@@H]1O[C@H](CO)[C@@H](O)[C@H](O)[C@H]1O. The summed E-state index contributed by atoms with van der Waals surface area (Å²) in [5.74, 6) is -0.726. The monoisotopic (exact) mass is 251 g/mol. The van der Waals surface area contributed by atoms with Gasteiger partial charge < -0.3 is 35.6 Å². The minimum atomic E-state index is -1.59. The minimum absolute atomic E-state index is 0.0200. The van der Waals surface area contributed by atoms with Gasteiger partial charge in [0.2, 0.25) is 0 Å². The largest absolute Gasteiger partial charge is 0.395 e. The molecule has 1 saturated heterocycles. The molecule has 0 spiro atoms. The van der Waals surface area contributed by atoms with Crippen molar-refractivity contribution in [3.63, 3.8) is 0 Å². The number of rotatable bonds is 4. The highest BCUT2D eigenvalue weighted by Crippen LogP contribution is 2.21. The molecule has 0 bridgehead atoms. The second kappa shape index (κ2) is 6.24. The summed E-state index contributed by atoms with van der Waals surface area (Å²) >= 11 is 0. The van der Waals surface area contributed by atoms with Crippen LogP contribution in [0.3, 0.4) is 0 Å².